The highest BCUT2D eigenvalue weighted by atomic mass is 16.6. The van der Waals surface area contributed by atoms with Gasteiger partial charge in [0, 0.05) is 13.1 Å². The lowest BCUT2D eigenvalue weighted by atomic mass is 10.1. The summed E-state index contributed by atoms with van der Waals surface area (Å²) < 4.78 is 5.30. The van der Waals surface area contributed by atoms with Gasteiger partial charge in [-0.2, -0.15) is 0 Å². The molecule has 7 nitrogen and oxygen atoms in total. The molecule has 1 amide bonds. The molecule has 0 aromatic heterocycles. The van der Waals surface area contributed by atoms with Gasteiger partial charge in [0.25, 0.3) is 0 Å². The van der Waals surface area contributed by atoms with E-state index in [1.54, 1.807) is 0 Å². The number of ketones is 1. The number of rotatable bonds is 4. The second kappa shape index (κ2) is 6.25. The number of carbonyl (C=O) groups excluding carboxylic acids is 2. The summed E-state index contributed by atoms with van der Waals surface area (Å²) in [4.78, 5) is 23.4. The Morgan fingerprint density at radius 2 is 1.84 bits per heavy atom. The van der Waals surface area contributed by atoms with Gasteiger partial charge in [-0.05, 0) is 19.9 Å². The Hall–Kier alpha value is -1.28. The molecule has 0 bridgehead atoms. The molecule has 0 saturated carbocycles. The smallest absolute Gasteiger partial charge is 0.225 e. The molecule has 0 unspecified atom stereocenters. The Kier molecular flexibility index (Phi) is 5.19. The molecular formula is C12H19NO6. The van der Waals surface area contributed by atoms with Crippen LogP contribution in [0.2, 0.25) is 0 Å². The quantitative estimate of drug-likeness (QED) is 0.553. The van der Waals surface area contributed by atoms with Gasteiger partial charge in [-0.25, -0.2) is 0 Å². The third kappa shape index (κ3) is 3.60. The lowest BCUT2D eigenvalue weighted by Gasteiger charge is -2.26. The van der Waals surface area contributed by atoms with Crippen LogP contribution in [0.4, 0.5) is 0 Å². The molecule has 0 radical (unpaired) electrons. The molecule has 0 aromatic carbocycles. The van der Waals surface area contributed by atoms with Crippen molar-refractivity contribution in [2.24, 2.45) is 0 Å². The first-order valence-electron chi connectivity index (χ1n) is 5.93. The second-order valence-electron chi connectivity index (χ2n) is 4.57. The van der Waals surface area contributed by atoms with E-state index in [1.165, 1.54) is 27.0 Å². The number of amides is 1. The number of hydrogen-bond donors (Lipinski definition) is 3. The topological polar surface area (TPSA) is 107 Å². The van der Waals surface area contributed by atoms with E-state index in [0.29, 0.717) is 0 Å². The van der Waals surface area contributed by atoms with Crippen LogP contribution in [0, 0.1) is 0 Å². The zero-order chi connectivity index (χ0) is 14.7. The minimum atomic E-state index is -1.36. The van der Waals surface area contributed by atoms with Crippen molar-refractivity contribution in [1.29, 1.82) is 0 Å². The Balaban J connectivity index is 2.92. The Morgan fingerprint density at radius 1 is 1.26 bits per heavy atom. The molecule has 7 heteroatoms. The summed E-state index contributed by atoms with van der Waals surface area (Å²) >= 11 is 0. The van der Waals surface area contributed by atoms with E-state index in [0.717, 1.165) is 11.0 Å². The van der Waals surface area contributed by atoms with Gasteiger partial charge in [0.2, 0.25) is 5.91 Å². The maximum atomic E-state index is 11.5. The third-order valence-electron chi connectivity index (χ3n) is 2.86. The van der Waals surface area contributed by atoms with Crippen LogP contribution in [0.15, 0.2) is 12.3 Å². The lowest BCUT2D eigenvalue weighted by molar-refractivity contribution is -0.145. The molecule has 1 aliphatic rings. The van der Waals surface area contributed by atoms with Crippen molar-refractivity contribution in [3.8, 4) is 0 Å². The molecule has 3 N–H and O–H groups in total. The van der Waals surface area contributed by atoms with Crippen LogP contribution in [0.25, 0.3) is 0 Å². The fourth-order valence-corrected chi connectivity index (χ4v) is 1.87. The van der Waals surface area contributed by atoms with Crippen LogP contribution in [0.1, 0.15) is 20.8 Å². The zero-order valence-electron chi connectivity index (χ0n) is 11.1. The molecule has 0 aromatic rings. The summed E-state index contributed by atoms with van der Waals surface area (Å²) in [5, 5.41) is 29.0. The van der Waals surface area contributed by atoms with Crippen molar-refractivity contribution in [3.05, 3.63) is 12.3 Å². The molecule has 1 heterocycles. The molecule has 19 heavy (non-hydrogen) atoms. The van der Waals surface area contributed by atoms with Gasteiger partial charge in [-0.15, -0.1) is 0 Å². The minimum Gasteiger partial charge on any atom is -0.391 e. The molecule has 108 valence electrons. The highest BCUT2D eigenvalue weighted by Crippen LogP contribution is 2.26. The van der Waals surface area contributed by atoms with E-state index >= 15 is 0 Å². The largest absolute Gasteiger partial charge is 0.391 e. The van der Waals surface area contributed by atoms with Crippen LogP contribution in [-0.4, -0.2) is 62.6 Å². The van der Waals surface area contributed by atoms with Crippen molar-refractivity contribution in [3.63, 3.8) is 0 Å². The number of hydrogen-bond acceptors (Lipinski definition) is 6. The Bertz CT molecular complexity index is 380. The van der Waals surface area contributed by atoms with Gasteiger partial charge in [-0.3, -0.25) is 14.5 Å². The molecule has 1 rings (SSSR count). The maximum absolute atomic E-state index is 11.5. The molecule has 1 saturated heterocycles. The first-order valence-corrected chi connectivity index (χ1v) is 5.93. The third-order valence-corrected chi connectivity index (χ3v) is 2.86. The predicted octanol–water partition coefficient (Wildman–Crippen LogP) is -1.23. The summed E-state index contributed by atoms with van der Waals surface area (Å²) in [5.41, 5.74) is 0. The Morgan fingerprint density at radius 3 is 2.21 bits per heavy atom. The number of aliphatic hydroxyl groups is 3. The molecule has 0 aliphatic carbocycles. The van der Waals surface area contributed by atoms with E-state index in [1.807, 2.05) is 0 Å². The van der Waals surface area contributed by atoms with Crippen molar-refractivity contribution >= 4 is 11.7 Å². The standard InChI is InChI=1S/C12H19NO6/c1-6(14)4-5-13(8(3)16)12-10(18)9(17)11(19-12)7(2)15/h4-5,7,9-12,15,17-18H,1-3H3/b5-4-/t7-,9+,10-,11-,12-/m1/s1. The van der Waals surface area contributed by atoms with Gasteiger partial charge in [-0.1, -0.05) is 0 Å². The van der Waals surface area contributed by atoms with Crippen molar-refractivity contribution in [2.75, 3.05) is 0 Å². The molecular weight excluding hydrogens is 254 g/mol. The SMILES string of the molecule is CC(=O)/C=C\N(C(C)=O)[C@@H]1O[C@H]([C@@H](C)O)[C@@H](O)[C@H]1O. The number of carbonyl (C=O) groups is 2. The van der Waals surface area contributed by atoms with E-state index in [4.69, 9.17) is 4.74 Å². The van der Waals surface area contributed by atoms with Gasteiger partial charge in [0.15, 0.2) is 12.0 Å². The van der Waals surface area contributed by atoms with Crippen LogP contribution >= 0.6 is 0 Å². The monoisotopic (exact) mass is 273 g/mol. The fraction of sp³-hybridized carbons (Fsp3) is 0.667. The average molecular weight is 273 g/mol. The summed E-state index contributed by atoms with van der Waals surface area (Å²) in [6.45, 7) is 3.96. The maximum Gasteiger partial charge on any atom is 0.225 e. The highest BCUT2D eigenvalue weighted by molar-refractivity contribution is 5.87. The predicted molar refractivity (Wildman–Crippen MR) is 64.7 cm³/mol. The summed E-state index contributed by atoms with van der Waals surface area (Å²) in [7, 11) is 0. The van der Waals surface area contributed by atoms with Gasteiger partial charge < -0.3 is 20.1 Å². The Labute approximate surface area is 111 Å². The lowest BCUT2D eigenvalue weighted by Crippen LogP contribution is -2.43. The number of ether oxygens (including phenoxy) is 1. The van der Waals surface area contributed by atoms with Crippen LogP contribution < -0.4 is 0 Å². The van der Waals surface area contributed by atoms with E-state index in [-0.39, 0.29) is 5.78 Å². The minimum absolute atomic E-state index is 0.272. The van der Waals surface area contributed by atoms with Gasteiger partial charge >= 0.3 is 0 Å². The van der Waals surface area contributed by atoms with Crippen molar-refractivity contribution in [1.82, 2.24) is 4.90 Å². The van der Waals surface area contributed by atoms with Crippen LogP contribution in [0.5, 0.6) is 0 Å². The summed E-state index contributed by atoms with van der Waals surface area (Å²) in [6.07, 6.45) is -3.46. The average Bonchev–Trinajstić information content (AvgIpc) is 2.57. The zero-order valence-corrected chi connectivity index (χ0v) is 11.1. The number of aliphatic hydroxyl groups excluding tert-OH is 3. The first kappa shape index (κ1) is 15.8. The van der Waals surface area contributed by atoms with Crippen molar-refractivity contribution in [2.45, 2.75) is 51.4 Å². The van der Waals surface area contributed by atoms with Gasteiger partial charge in [0.05, 0.1) is 6.10 Å². The highest BCUT2D eigenvalue weighted by Gasteiger charge is 2.47. The second-order valence-corrected chi connectivity index (χ2v) is 4.57. The molecule has 5 atom stereocenters. The summed E-state index contributed by atoms with van der Waals surface area (Å²) in [6, 6.07) is 0. The van der Waals surface area contributed by atoms with Crippen LogP contribution in [0.3, 0.4) is 0 Å². The molecule has 0 spiro atoms. The first-order chi connectivity index (χ1) is 8.75. The molecule has 1 fully saturated rings. The van der Waals surface area contributed by atoms with E-state index in [9.17, 15) is 24.9 Å². The number of nitrogens with zero attached hydrogens (tertiary/aromatic N) is 1. The molecule has 1 aliphatic heterocycles. The normalized spacial score (nSPS) is 32.5. The van der Waals surface area contributed by atoms with Crippen molar-refractivity contribution < 1.29 is 29.6 Å². The fourth-order valence-electron chi connectivity index (χ4n) is 1.87. The van der Waals surface area contributed by atoms with Crippen LogP contribution in [-0.2, 0) is 14.3 Å². The number of allylic oxidation sites excluding steroid dienone is 1. The van der Waals surface area contributed by atoms with E-state index < -0.39 is 36.6 Å². The summed E-state index contributed by atoms with van der Waals surface area (Å²) in [5.74, 6) is -0.730. The van der Waals surface area contributed by atoms with E-state index in [2.05, 4.69) is 0 Å². The van der Waals surface area contributed by atoms with Gasteiger partial charge in [0.1, 0.15) is 18.3 Å².